The van der Waals surface area contributed by atoms with Crippen LogP contribution in [0.15, 0.2) is 30.3 Å². The monoisotopic (exact) mass is 229 g/mol. The summed E-state index contributed by atoms with van der Waals surface area (Å²) in [5, 5.41) is 0. The van der Waals surface area contributed by atoms with Gasteiger partial charge in [-0.2, -0.15) is 0 Å². The second kappa shape index (κ2) is 4.61. The van der Waals surface area contributed by atoms with Gasteiger partial charge in [-0.1, -0.05) is 30.3 Å². The molecule has 90 valence electrons. The van der Waals surface area contributed by atoms with Crippen LogP contribution in [0.2, 0.25) is 0 Å². The molecule has 0 N–H and O–H groups in total. The van der Waals surface area contributed by atoms with Gasteiger partial charge in [-0.15, -0.1) is 0 Å². The van der Waals surface area contributed by atoms with Crippen LogP contribution in [0.3, 0.4) is 0 Å². The number of nitrogens with zero attached hydrogens (tertiary/aromatic N) is 1. The molecular weight excluding hydrogens is 210 g/mol. The number of rotatable bonds is 2. The molecule has 0 saturated carbocycles. The largest absolute Gasteiger partial charge is 0.300 e. The van der Waals surface area contributed by atoms with Crippen LogP contribution in [0, 0.1) is 0 Å². The van der Waals surface area contributed by atoms with Crippen molar-refractivity contribution in [2.45, 2.75) is 50.7 Å². The van der Waals surface area contributed by atoms with Gasteiger partial charge in [0.2, 0.25) is 0 Å². The first-order valence-electron chi connectivity index (χ1n) is 6.64. The molecule has 2 saturated heterocycles. The quantitative estimate of drug-likeness (QED) is 0.777. The minimum absolute atomic E-state index is 0.468. The second-order valence-corrected chi connectivity index (χ2v) is 5.32. The minimum atomic E-state index is 0.468. The Bertz CT molecular complexity index is 401. The lowest BCUT2D eigenvalue weighted by Crippen LogP contribution is -2.34. The van der Waals surface area contributed by atoms with Gasteiger partial charge >= 0.3 is 0 Å². The van der Waals surface area contributed by atoms with E-state index in [9.17, 15) is 4.79 Å². The molecule has 0 aliphatic carbocycles. The lowest BCUT2D eigenvalue weighted by molar-refractivity contribution is -0.119. The van der Waals surface area contributed by atoms with Gasteiger partial charge in [0, 0.05) is 31.5 Å². The number of benzene rings is 1. The molecule has 1 aromatic rings. The maximum atomic E-state index is 11.6. The van der Waals surface area contributed by atoms with Gasteiger partial charge in [0.1, 0.15) is 5.78 Å². The third-order valence-corrected chi connectivity index (χ3v) is 4.20. The zero-order valence-electron chi connectivity index (χ0n) is 10.1. The van der Waals surface area contributed by atoms with Crippen molar-refractivity contribution in [2.24, 2.45) is 0 Å². The average molecular weight is 229 g/mol. The highest BCUT2D eigenvalue weighted by Crippen LogP contribution is 2.34. The Morgan fingerprint density at radius 1 is 1.06 bits per heavy atom. The van der Waals surface area contributed by atoms with E-state index in [0.717, 1.165) is 25.8 Å². The first kappa shape index (κ1) is 11.0. The van der Waals surface area contributed by atoms with Gasteiger partial charge in [-0.05, 0) is 24.8 Å². The Labute approximate surface area is 103 Å². The molecule has 2 aliphatic rings. The summed E-state index contributed by atoms with van der Waals surface area (Å²) < 4.78 is 0. The van der Waals surface area contributed by atoms with Crippen molar-refractivity contribution in [3.05, 3.63) is 35.9 Å². The molecule has 17 heavy (non-hydrogen) atoms. The maximum absolute atomic E-state index is 11.6. The number of carbonyl (C=O) groups is 1. The number of carbonyl (C=O) groups excluding carboxylic acids is 1. The van der Waals surface area contributed by atoms with Crippen LogP contribution in [0.5, 0.6) is 0 Å². The van der Waals surface area contributed by atoms with Crippen molar-refractivity contribution in [1.29, 1.82) is 0 Å². The second-order valence-electron chi connectivity index (χ2n) is 5.32. The van der Waals surface area contributed by atoms with Crippen LogP contribution in [0.4, 0.5) is 0 Å². The molecule has 0 spiro atoms. The van der Waals surface area contributed by atoms with Crippen LogP contribution < -0.4 is 0 Å². The van der Waals surface area contributed by atoms with E-state index in [4.69, 9.17) is 0 Å². The van der Waals surface area contributed by atoms with E-state index in [1.165, 1.54) is 18.4 Å². The van der Waals surface area contributed by atoms with Gasteiger partial charge in [-0.3, -0.25) is 9.69 Å². The minimum Gasteiger partial charge on any atom is -0.300 e. The molecule has 0 aromatic heterocycles. The van der Waals surface area contributed by atoms with Crippen LogP contribution in [-0.4, -0.2) is 22.8 Å². The summed E-state index contributed by atoms with van der Waals surface area (Å²) in [5.41, 5.74) is 1.37. The van der Waals surface area contributed by atoms with Crippen LogP contribution in [0.1, 0.15) is 37.7 Å². The van der Waals surface area contributed by atoms with Crippen LogP contribution >= 0.6 is 0 Å². The number of Topliss-reactive ketones (excluding diaryl/α,β-unsaturated/α-hetero) is 1. The molecule has 2 heteroatoms. The summed E-state index contributed by atoms with van der Waals surface area (Å²) in [6.07, 6.45) is 5.14. The maximum Gasteiger partial charge on any atom is 0.134 e. The molecule has 2 aliphatic heterocycles. The Morgan fingerprint density at radius 2 is 1.82 bits per heavy atom. The number of hydrogen-bond donors (Lipinski definition) is 0. The van der Waals surface area contributed by atoms with E-state index >= 15 is 0 Å². The third kappa shape index (κ3) is 2.27. The molecular formula is C15H19NO. The van der Waals surface area contributed by atoms with Crippen molar-refractivity contribution in [1.82, 2.24) is 4.90 Å². The van der Waals surface area contributed by atoms with E-state index < -0.39 is 0 Å². The highest BCUT2D eigenvalue weighted by atomic mass is 16.1. The van der Waals surface area contributed by atoms with Crippen LogP contribution in [-0.2, 0) is 11.3 Å². The van der Waals surface area contributed by atoms with Gasteiger partial charge in [0.25, 0.3) is 0 Å². The Balaban J connectivity index is 1.76. The molecule has 2 bridgehead atoms. The van der Waals surface area contributed by atoms with E-state index in [1.54, 1.807) is 0 Å². The zero-order chi connectivity index (χ0) is 11.7. The lowest BCUT2D eigenvalue weighted by atomic mass is 10.0. The molecule has 2 nitrogen and oxygen atoms in total. The van der Waals surface area contributed by atoms with Gasteiger partial charge in [0.05, 0.1) is 0 Å². The fourth-order valence-corrected chi connectivity index (χ4v) is 3.29. The van der Waals surface area contributed by atoms with E-state index in [0.29, 0.717) is 17.9 Å². The van der Waals surface area contributed by atoms with Crippen molar-refractivity contribution < 1.29 is 4.79 Å². The number of hydrogen-bond acceptors (Lipinski definition) is 2. The predicted molar refractivity (Wildman–Crippen MR) is 67.7 cm³/mol. The number of ketones is 1. The molecule has 2 heterocycles. The molecule has 0 amide bonds. The van der Waals surface area contributed by atoms with Crippen LogP contribution in [0.25, 0.3) is 0 Å². The average Bonchev–Trinajstić information content (AvgIpc) is 2.62. The highest BCUT2D eigenvalue weighted by Gasteiger charge is 2.36. The van der Waals surface area contributed by atoms with Gasteiger partial charge in [0.15, 0.2) is 0 Å². The van der Waals surface area contributed by atoms with E-state index in [1.807, 2.05) is 0 Å². The first-order valence-corrected chi connectivity index (χ1v) is 6.64. The fraction of sp³-hybridized carbons (Fsp3) is 0.533. The molecule has 0 radical (unpaired) electrons. The molecule has 2 atom stereocenters. The Hall–Kier alpha value is -1.15. The Kier molecular flexibility index (Phi) is 2.98. The summed E-state index contributed by atoms with van der Waals surface area (Å²) in [5.74, 6) is 0.468. The first-order chi connectivity index (χ1) is 8.33. The summed E-state index contributed by atoms with van der Waals surface area (Å²) in [6.45, 7) is 1.02. The van der Waals surface area contributed by atoms with Gasteiger partial charge in [-0.25, -0.2) is 0 Å². The summed E-state index contributed by atoms with van der Waals surface area (Å²) >= 11 is 0. The van der Waals surface area contributed by atoms with Crippen molar-refractivity contribution >= 4 is 5.78 Å². The molecule has 2 unspecified atom stereocenters. The lowest BCUT2D eigenvalue weighted by Gasteiger charge is -2.27. The number of fused-ring (bicyclic) bond motifs is 2. The summed E-state index contributed by atoms with van der Waals surface area (Å²) in [7, 11) is 0. The Morgan fingerprint density at radius 3 is 2.65 bits per heavy atom. The van der Waals surface area contributed by atoms with Crippen molar-refractivity contribution in [3.8, 4) is 0 Å². The van der Waals surface area contributed by atoms with Crippen molar-refractivity contribution in [2.75, 3.05) is 0 Å². The fourth-order valence-electron chi connectivity index (χ4n) is 3.29. The molecule has 1 aromatic carbocycles. The third-order valence-electron chi connectivity index (χ3n) is 4.20. The topological polar surface area (TPSA) is 20.3 Å². The standard InChI is InChI=1S/C15H19NO/c17-15-9-8-13-6-7-14(10-15)16(13)11-12-4-2-1-3-5-12/h1-5,13-14H,6-11H2. The molecule has 3 rings (SSSR count). The smallest absolute Gasteiger partial charge is 0.134 e. The zero-order valence-corrected chi connectivity index (χ0v) is 10.1. The molecule has 2 fully saturated rings. The van der Waals surface area contributed by atoms with E-state index in [2.05, 4.69) is 35.2 Å². The van der Waals surface area contributed by atoms with Gasteiger partial charge < -0.3 is 0 Å². The summed E-state index contributed by atoms with van der Waals surface area (Å²) in [4.78, 5) is 14.2. The summed E-state index contributed by atoms with van der Waals surface area (Å²) in [6, 6.07) is 11.8. The SMILES string of the molecule is O=C1CCC2CCC(C1)N2Cc1ccccc1. The predicted octanol–water partition coefficient (Wildman–Crippen LogP) is 2.77. The normalized spacial score (nSPS) is 29.3. The van der Waals surface area contributed by atoms with E-state index in [-0.39, 0.29) is 0 Å². The van der Waals surface area contributed by atoms with Crippen molar-refractivity contribution in [3.63, 3.8) is 0 Å². The highest BCUT2D eigenvalue weighted by molar-refractivity contribution is 5.79.